The fraction of sp³-hybridized carbons (Fsp3) is 0.462. The monoisotopic (exact) mass is 282 g/mol. The Labute approximate surface area is 117 Å². The number of carbonyl (C=O) groups is 1. The Bertz CT molecular complexity index is 576. The number of thiocarbonyl (C=S) groups is 1. The van der Waals surface area contributed by atoms with E-state index in [4.69, 9.17) is 22.7 Å². The van der Waals surface area contributed by atoms with Gasteiger partial charge in [-0.3, -0.25) is 9.59 Å². The predicted molar refractivity (Wildman–Crippen MR) is 77.1 cm³/mol. The van der Waals surface area contributed by atoms with Crippen LogP contribution >= 0.6 is 12.2 Å². The number of pyridine rings is 1. The van der Waals surface area contributed by atoms with Gasteiger partial charge in [0.05, 0.1) is 18.1 Å². The van der Waals surface area contributed by atoms with E-state index >= 15 is 0 Å². The maximum atomic E-state index is 12.3. The van der Waals surface area contributed by atoms with Crippen LogP contribution in [0.15, 0.2) is 16.9 Å². The molecule has 2 N–H and O–H groups in total. The molecule has 0 radical (unpaired) electrons. The molecule has 0 unspecified atom stereocenters. The quantitative estimate of drug-likeness (QED) is 0.658. The zero-order chi connectivity index (χ0) is 14.8. The lowest BCUT2D eigenvalue weighted by Crippen LogP contribution is -2.38. The molecule has 0 saturated carbocycles. The minimum Gasteiger partial charge on any atom is -0.469 e. The number of hydrogen-bond acceptors (Lipinski definition) is 4. The van der Waals surface area contributed by atoms with Crippen molar-refractivity contribution in [3.05, 3.63) is 33.7 Å². The van der Waals surface area contributed by atoms with Crippen LogP contribution in [0.25, 0.3) is 0 Å². The molecule has 0 atom stereocenters. The smallest absolute Gasteiger partial charge is 0.313 e. The zero-order valence-electron chi connectivity index (χ0n) is 11.5. The minimum absolute atomic E-state index is 0.0506. The van der Waals surface area contributed by atoms with Crippen LogP contribution in [0.1, 0.15) is 25.1 Å². The molecule has 0 bridgehead atoms. The van der Waals surface area contributed by atoms with Gasteiger partial charge in [0.1, 0.15) is 4.99 Å². The number of ether oxygens (including phenoxy) is 1. The summed E-state index contributed by atoms with van der Waals surface area (Å²) in [5.41, 5.74) is 5.43. The van der Waals surface area contributed by atoms with Gasteiger partial charge in [0, 0.05) is 12.2 Å². The summed E-state index contributed by atoms with van der Waals surface area (Å²) in [6.07, 6.45) is 0. The molecule has 0 amide bonds. The molecular formula is C13H18N2O3S. The van der Waals surface area contributed by atoms with E-state index in [-0.39, 0.29) is 28.6 Å². The molecule has 5 nitrogen and oxygen atoms in total. The lowest BCUT2D eigenvalue weighted by molar-refractivity contribution is -0.151. The van der Waals surface area contributed by atoms with Gasteiger partial charge in [-0.25, -0.2) is 0 Å². The summed E-state index contributed by atoms with van der Waals surface area (Å²) in [7, 11) is 1.32. The highest BCUT2D eigenvalue weighted by Gasteiger charge is 2.30. The number of aryl methyl sites for hydroxylation is 1. The van der Waals surface area contributed by atoms with Crippen molar-refractivity contribution in [3.63, 3.8) is 0 Å². The fourth-order valence-corrected chi connectivity index (χ4v) is 1.95. The van der Waals surface area contributed by atoms with Gasteiger partial charge in [0.2, 0.25) is 0 Å². The average molecular weight is 282 g/mol. The molecule has 0 aliphatic rings. The summed E-state index contributed by atoms with van der Waals surface area (Å²) in [5.74, 6) is -0.375. The van der Waals surface area contributed by atoms with E-state index in [1.165, 1.54) is 11.7 Å². The summed E-state index contributed by atoms with van der Waals surface area (Å²) in [4.78, 5) is 24.0. The number of carbonyl (C=O) groups excluding carboxylic acids is 1. The van der Waals surface area contributed by atoms with Crippen molar-refractivity contribution in [1.29, 1.82) is 0 Å². The summed E-state index contributed by atoms with van der Waals surface area (Å²) in [5, 5.41) is 0. The molecular weight excluding hydrogens is 264 g/mol. The summed E-state index contributed by atoms with van der Waals surface area (Å²) in [6, 6.07) is 3.35. The van der Waals surface area contributed by atoms with Crippen LogP contribution in [-0.4, -0.2) is 22.6 Å². The third kappa shape index (κ3) is 3.20. The van der Waals surface area contributed by atoms with Gasteiger partial charge in [0.25, 0.3) is 5.56 Å². The number of nitrogens with zero attached hydrogens (tertiary/aromatic N) is 1. The third-order valence-corrected chi connectivity index (χ3v) is 3.17. The number of rotatable bonds is 4. The first-order valence-electron chi connectivity index (χ1n) is 5.79. The van der Waals surface area contributed by atoms with Crippen molar-refractivity contribution in [2.45, 2.75) is 27.3 Å². The summed E-state index contributed by atoms with van der Waals surface area (Å²) in [6.45, 7) is 5.44. The highest BCUT2D eigenvalue weighted by Crippen LogP contribution is 2.20. The Balaban J connectivity index is 3.29. The molecule has 1 rings (SSSR count). The van der Waals surface area contributed by atoms with E-state index < -0.39 is 5.41 Å². The average Bonchev–Trinajstić information content (AvgIpc) is 2.32. The van der Waals surface area contributed by atoms with Crippen LogP contribution in [0.3, 0.4) is 0 Å². The Morgan fingerprint density at radius 1 is 1.47 bits per heavy atom. The zero-order valence-corrected chi connectivity index (χ0v) is 12.3. The van der Waals surface area contributed by atoms with Gasteiger partial charge in [-0.05, 0) is 32.9 Å². The largest absolute Gasteiger partial charge is 0.469 e. The van der Waals surface area contributed by atoms with Crippen LogP contribution in [0, 0.1) is 12.3 Å². The van der Waals surface area contributed by atoms with Crippen molar-refractivity contribution < 1.29 is 9.53 Å². The second kappa shape index (κ2) is 5.52. The molecule has 0 aliphatic heterocycles. The van der Waals surface area contributed by atoms with E-state index in [1.807, 2.05) is 0 Å². The van der Waals surface area contributed by atoms with Gasteiger partial charge in [0.15, 0.2) is 0 Å². The normalized spacial score (nSPS) is 11.2. The maximum Gasteiger partial charge on any atom is 0.313 e. The van der Waals surface area contributed by atoms with Crippen LogP contribution in [-0.2, 0) is 16.1 Å². The molecule has 1 aromatic rings. The fourth-order valence-electron chi connectivity index (χ4n) is 1.79. The number of methoxy groups -OCH3 is 1. The standard InChI is InChI=1S/C13H18N2O3S/c1-8-5-6-9(10(14)19)11(16)15(8)7-13(2,3)12(17)18-4/h5-6H,7H2,1-4H3,(H2,14,19). The molecule has 19 heavy (non-hydrogen) atoms. The molecule has 0 aromatic carbocycles. The molecule has 1 heterocycles. The highest BCUT2D eigenvalue weighted by molar-refractivity contribution is 7.80. The van der Waals surface area contributed by atoms with Crippen molar-refractivity contribution in [2.75, 3.05) is 7.11 Å². The molecule has 1 aromatic heterocycles. The van der Waals surface area contributed by atoms with Crippen LogP contribution < -0.4 is 11.3 Å². The number of hydrogen-bond donors (Lipinski definition) is 1. The second-order valence-electron chi connectivity index (χ2n) is 5.02. The van der Waals surface area contributed by atoms with E-state index in [9.17, 15) is 9.59 Å². The van der Waals surface area contributed by atoms with Crippen LogP contribution in [0.4, 0.5) is 0 Å². The first kappa shape index (κ1) is 15.4. The second-order valence-corrected chi connectivity index (χ2v) is 5.46. The SMILES string of the molecule is COC(=O)C(C)(C)Cn1c(C)ccc(C(N)=S)c1=O. The Morgan fingerprint density at radius 3 is 2.53 bits per heavy atom. The topological polar surface area (TPSA) is 74.3 Å². The van der Waals surface area contributed by atoms with Crippen LogP contribution in [0.5, 0.6) is 0 Å². The van der Waals surface area contributed by atoms with Gasteiger partial charge >= 0.3 is 5.97 Å². The lowest BCUT2D eigenvalue weighted by Gasteiger charge is -2.24. The Kier molecular flexibility index (Phi) is 4.47. The number of nitrogens with two attached hydrogens (primary N) is 1. The predicted octanol–water partition coefficient (Wildman–Crippen LogP) is 0.990. The molecule has 0 spiro atoms. The molecule has 6 heteroatoms. The van der Waals surface area contributed by atoms with E-state index in [2.05, 4.69) is 0 Å². The van der Waals surface area contributed by atoms with Gasteiger partial charge in [-0.15, -0.1) is 0 Å². The maximum absolute atomic E-state index is 12.3. The highest BCUT2D eigenvalue weighted by atomic mass is 32.1. The Morgan fingerprint density at radius 2 is 2.05 bits per heavy atom. The van der Waals surface area contributed by atoms with Gasteiger partial charge < -0.3 is 15.0 Å². The van der Waals surface area contributed by atoms with Crippen molar-refractivity contribution in [1.82, 2.24) is 4.57 Å². The van der Waals surface area contributed by atoms with Crippen LogP contribution in [0.2, 0.25) is 0 Å². The van der Waals surface area contributed by atoms with Crippen molar-refractivity contribution >= 4 is 23.2 Å². The lowest BCUT2D eigenvalue weighted by atomic mass is 9.93. The summed E-state index contributed by atoms with van der Waals surface area (Å²) >= 11 is 4.84. The van der Waals surface area contributed by atoms with Crippen molar-refractivity contribution in [2.24, 2.45) is 11.1 Å². The first-order chi connectivity index (χ1) is 8.70. The van der Waals surface area contributed by atoms with E-state index in [0.29, 0.717) is 0 Å². The number of esters is 1. The van der Waals surface area contributed by atoms with Crippen molar-refractivity contribution in [3.8, 4) is 0 Å². The third-order valence-electron chi connectivity index (χ3n) is 2.95. The Hall–Kier alpha value is -1.69. The summed E-state index contributed by atoms with van der Waals surface area (Å²) < 4.78 is 6.23. The molecule has 104 valence electrons. The molecule has 0 fully saturated rings. The molecule has 0 aliphatic carbocycles. The van der Waals surface area contributed by atoms with Gasteiger partial charge in [-0.2, -0.15) is 0 Å². The minimum atomic E-state index is -0.807. The van der Waals surface area contributed by atoms with Gasteiger partial charge in [-0.1, -0.05) is 12.2 Å². The molecule has 0 saturated heterocycles. The number of aromatic nitrogens is 1. The van der Waals surface area contributed by atoms with E-state index in [0.717, 1.165) is 5.69 Å². The van der Waals surface area contributed by atoms with E-state index in [1.54, 1.807) is 32.9 Å². The first-order valence-corrected chi connectivity index (χ1v) is 6.20.